The van der Waals surface area contributed by atoms with E-state index in [2.05, 4.69) is 39.7 Å². The predicted molar refractivity (Wildman–Crippen MR) is 71.9 cm³/mol. The van der Waals surface area contributed by atoms with Gasteiger partial charge in [0, 0.05) is 17.2 Å². The maximum atomic E-state index is 4.62. The molecular formula is C12H17BrN2S. The fourth-order valence-electron chi connectivity index (χ4n) is 1.91. The number of hydrogen-bond donors (Lipinski definition) is 0. The fraction of sp³-hybridized carbons (Fsp3) is 0.667. The van der Waals surface area contributed by atoms with Gasteiger partial charge in [0.1, 0.15) is 15.5 Å². The number of nitrogens with zero attached hydrogens (tertiary/aromatic N) is 2. The number of thioether (sulfide) groups is 1. The van der Waals surface area contributed by atoms with E-state index >= 15 is 0 Å². The number of rotatable bonds is 3. The first-order valence-electron chi connectivity index (χ1n) is 5.86. The van der Waals surface area contributed by atoms with Crippen LogP contribution in [-0.4, -0.2) is 15.2 Å². The Morgan fingerprint density at radius 1 is 1.31 bits per heavy atom. The first-order valence-corrected chi connectivity index (χ1v) is 7.53. The lowest BCUT2D eigenvalue weighted by atomic mass is 10.2. The molecule has 0 atom stereocenters. The second-order valence-electron chi connectivity index (χ2n) is 4.57. The summed E-state index contributed by atoms with van der Waals surface area (Å²) in [7, 11) is 0. The van der Waals surface area contributed by atoms with Crippen LogP contribution in [0.2, 0.25) is 0 Å². The summed E-state index contributed by atoms with van der Waals surface area (Å²) in [6, 6.07) is 2.04. The lowest BCUT2D eigenvalue weighted by Crippen LogP contribution is -2.01. The van der Waals surface area contributed by atoms with Gasteiger partial charge in [0.15, 0.2) is 0 Å². The zero-order valence-corrected chi connectivity index (χ0v) is 12.1. The first kappa shape index (κ1) is 12.4. The van der Waals surface area contributed by atoms with Crippen LogP contribution in [0.5, 0.6) is 0 Å². The summed E-state index contributed by atoms with van der Waals surface area (Å²) in [6.07, 6.45) is 5.43. The SMILES string of the molecule is CC(C)c1nc(Br)cc(SC2CCCC2)n1. The minimum Gasteiger partial charge on any atom is -0.226 e. The minimum absolute atomic E-state index is 0.389. The van der Waals surface area contributed by atoms with Gasteiger partial charge in [-0.05, 0) is 28.8 Å². The zero-order valence-electron chi connectivity index (χ0n) is 9.74. The molecule has 1 heterocycles. The first-order chi connectivity index (χ1) is 7.65. The Labute approximate surface area is 110 Å². The predicted octanol–water partition coefficient (Wildman–Crippen LogP) is 4.40. The molecular weight excluding hydrogens is 284 g/mol. The molecule has 0 spiro atoms. The third kappa shape index (κ3) is 3.20. The van der Waals surface area contributed by atoms with E-state index in [1.54, 1.807) is 0 Å². The van der Waals surface area contributed by atoms with Crippen LogP contribution in [0.1, 0.15) is 51.3 Å². The molecule has 4 heteroatoms. The molecule has 2 nitrogen and oxygen atoms in total. The lowest BCUT2D eigenvalue weighted by Gasteiger charge is -2.10. The van der Waals surface area contributed by atoms with Gasteiger partial charge in [0.05, 0.1) is 0 Å². The third-order valence-corrected chi connectivity index (χ3v) is 4.46. The maximum absolute atomic E-state index is 4.62. The van der Waals surface area contributed by atoms with Gasteiger partial charge in [-0.1, -0.05) is 26.7 Å². The molecule has 2 rings (SSSR count). The van der Waals surface area contributed by atoms with Crippen molar-refractivity contribution in [2.75, 3.05) is 0 Å². The van der Waals surface area contributed by atoms with Crippen molar-refractivity contribution in [2.45, 2.75) is 55.7 Å². The number of halogens is 1. The molecule has 0 saturated heterocycles. The van der Waals surface area contributed by atoms with Crippen molar-refractivity contribution in [2.24, 2.45) is 0 Å². The summed E-state index contributed by atoms with van der Waals surface area (Å²) in [4.78, 5) is 9.02. The van der Waals surface area contributed by atoms with Gasteiger partial charge in [-0.3, -0.25) is 0 Å². The van der Waals surface area contributed by atoms with Crippen LogP contribution in [0.3, 0.4) is 0 Å². The molecule has 16 heavy (non-hydrogen) atoms. The average Bonchev–Trinajstić information content (AvgIpc) is 2.69. The van der Waals surface area contributed by atoms with E-state index in [0.717, 1.165) is 20.7 Å². The molecule has 0 aliphatic heterocycles. The standard InChI is InChI=1S/C12H17BrN2S/c1-8(2)12-14-10(13)7-11(15-12)16-9-5-3-4-6-9/h7-9H,3-6H2,1-2H3. The highest BCUT2D eigenvalue weighted by molar-refractivity contribution is 9.10. The Hall–Kier alpha value is -0.0900. The highest BCUT2D eigenvalue weighted by Gasteiger charge is 2.17. The van der Waals surface area contributed by atoms with E-state index in [9.17, 15) is 0 Å². The molecule has 1 fully saturated rings. The molecule has 1 aliphatic rings. The van der Waals surface area contributed by atoms with Gasteiger partial charge < -0.3 is 0 Å². The van der Waals surface area contributed by atoms with E-state index in [1.165, 1.54) is 25.7 Å². The molecule has 1 saturated carbocycles. The van der Waals surface area contributed by atoms with Gasteiger partial charge in [-0.25, -0.2) is 9.97 Å². The van der Waals surface area contributed by atoms with Crippen molar-refractivity contribution in [1.29, 1.82) is 0 Å². The molecule has 0 radical (unpaired) electrons. The Morgan fingerprint density at radius 2 is 2.00 bits per heavy atom. The molecule has 0 bridgehead atoms. The number of hydrogen-bond acceptors (Lipinski definition) is 3. The Morgan fingerprint density at radius 3 is 2.62 bits per heavy atom. The second kappa shape index (κ2) is 5.50. The topological polar surface area (TPSA) is 25.8 Å². The Bertz CT molecular complexity index is 362. The van der Waals surface area contributed by atoms with Crippen LogP contribution in [0.4, 0.5) is 0 Å². The molecule has 0 N–H and O–H groups in total. The number of aromatic nitrogens is 2. The van der Waals surface area contributed by atoms with Gasteiger partial charge in [-0.15, -0.1) is 11.8 Å². The van der Waals surface area contributed by atoms with Crippen molar-refractivity contribution in [3.05, 3.63) is 16.5 Å². The van der Waals surface area contributed by atoms with Crippen molar-refractivity contribution >= 4 is 27.7 Å². The summed E-state index contributed by atoms with van der Waals surface area (Å²) >= 11 is 5.38. The summed E-state index contributed by atoms with van der Waals surface area (Å²) in [6.45, 7) is 4.26. The summed E-state index contributed by atoms with van der Waals surface area (Å²) < 4.78 is 0.909. The van der Waals surface area contributed by atoms with Gasteiger partial charge >= 0.3 is 0 Å². The van der Waals surface area contributed by atoms with E-state index in [-0.39, 0.29) is 0 Å². The quantitative estimate of drug-likeness (QED) is 0.774. The smallest absolute Gasteiger partial charge is 0.133 e. The molecule has 1 aliphatic carbocycles. The molecule has 0 amide bonds. The van der Waals surface area contributed by atoms with E-state index in [0.29, 0.717) is 5.92 Å². The third-order valence-electron chi connectivity index (χ3n) is 2.79. The largest absolute Gasteiger partial charge is 0.226 e. The Kier molecular flexibility index (Phi) is 4.25. The molecule has 0 unspecified atom stereocenters. The fourth-order valence-corrected chi connectivity index (χ4v) is 3.70. The molecule has 88 valence electrons. The van der Waals surface area contributed by atoms with Crippen LogP contribution in [0.25, 0.3) is 0 Å². The zero-order chi connectivity index (χ0) is 11.5. The van der Waals surface area contributed by atoms with Crippen LogP contribution in [-0.2, 0) is 0 Å². The summed E-state index contributed by atoms with van der Waals surface area (Å²) in [5, 5.41) is 1.89. The highest BCUT2D eigenvalue weighted by atomic mass is 79.9. The van der Waals surface area contributed by atoms with Crippen molar-refractivity contribution in [3.8, 4) is 0 Å². The summed E-state index contributed by atoms with van der Waals surface area (Å²) in [5.74, 6) is 1.33. The van der Waals surface area contributed by atoms with Crippen LogP contribution < -0.4 is 0 Å². The minimum atomic E-state index is 0.389. The molecule has 1 aromatic heterocycles. The van der Waals surface area contributed by atoms with Crippen molar-refractivity contribution in [1.82, 2.24) is 9.97 Å². The highest BCUT2D eigenvalue weighted by Crippen LogP contribution is 2.34. The van der Waals surface area contributed by atoms with E-state index in [4.69, 9.17) is 0 Å². The second-order valence-corrected chi connectivity index (χ2v) is 6.70. The molecule has 1 aromatic rings. The summed E-state index contributed by atoms with van der Waals surface area (Å²) in [5.41, 5.74) is 0. The van der Waals surface area contributed by atoms with Gasteiger partial charge in [0.2, 0.25) is 0 Å². The lowest BCUT2D eigenvalue weighted by molar-refractivity contribution is 0.746. The van der Waals surface area contributed by atoms with Gasteiger partial charge in [-0.2, -0.15) is 0 Å². The van der Waals surface area contributed by atoms with E-state index in [1.807, 2.05) is 17.8 Å². The van der Waals surface area contributed by atoms with Crippen molar-refractivity contribution < 1.29 is 0 Å². The van der Waals surface area contributed by atoms with Gasteiger partial charge in [0.25, 0.3) is 0 Å². The monoisotopic (exact) mass is 300 g/mol. The normalized spacial score (nSPS) is 17.2. The molecule has 0 aromatic carbocycles. The Balaban J connectivity index is 2.13. The van der Waals surface area contributed by atoms with Crippen LogP contribution >= 0.6 is 27.7 Å². The van der Waals surface area contributed by atoms with Crippen LogP contribution in [0.15, 0.2) is 15.7 Å². The van der Waals surface area contributed by atoms with Crippen molar-refractivity contribution in [3.63, 3.8) is 0 Å². The van der Waals surface area contributed by atoms with Crippen LogP contribution in [0, 0.1) is 0 Å². The van der Waals surface area contributed by atoms with E-state index < -0.39 is 0 Å². The average molecular weight is 301 g/mol. The maximum Gasteiger partial charge on any atom is 0.133 e.